The average molecular weight is 321 g/mol. The van der Waals surface area contributed by atoms with Gasteiger partial charge in [-0.05, 0) is 62.2 Å². The Morgan fingerprint density at radius 3 is 3.05 bits per heavy atom. The number of hydrogen-bond acceptors (Lipinski definition) is 2. The Labute approximate surface area is 138 Å². The zero-order valence-corrected chi connectivity index (χ0v) is 13.8. The predicted molar refractivity (Wildman–Crippen MR) is 90.4 cm³/mol. The Kier molecular flexibility index (Phi) is 4.47. The Bertz CT molecular complexity index is 556. The molecule has 0 bridgehead atoms. The van der Waals surface area contributed by atoms with Gasteiger partial charge >= 0.3 is 0 Å². The molecule has 1 saturated carbocycles. The highest BCUT2D eigenvalue weighted by molar-refractivity contribution is 5.85. The van der Waals surface area contributed by atoms with Crippen molar-refractivity contribution in [3.05, 3.63) is 35.4 Å². The number of aryl methyl sites for hydroxylation is 1. The third kappa shape index (κ3) is 2.65. The fourth-order valence-corrected chi connectivity index (χ4v) is 4.41. The van der Waals surface area contributed by atoms with Gasteiger partial charge in [-0.3, -0.25) is 4.79 Å². The molecular weight excluding hydrogens is 296 g/mol. The van der Waals surface area contributed by atoms with Crippen LogP contribution in [0, 0.1) is 11.8 Å². The predicted octanol–water partition coefficient (Wildman–Crippen LogP) is 2.43. The molecule has 1 saturated heterocycles. The van der Waals surface area contributed by atoms with E-state index in [4.69, 9.17) is 0 Å². The van der Waals surface area contributed by atoms with Gasteiger partial charge in [-0.15, -0.1) is 12.4 Å². The van der Waals surface area contributed by atoms with Crippen LogP contribution < -0.4 is 10.6 Å². The van der Waals surface area contributed by atoms with Crippen LogP contribution in [0.15, 0.2) is 24.3 Å². The Hall–Kier alpha value is -1.06. The van der Waals surface area contributed by atoms with Crippen molar-refractivity contribution < 1.29 is 4.79 Å². The van der Waals surface area contributed by atoms with E-state index in [1.807, 2.05) is 0 Å². The highest BCUT2D eigenvalue weighted by Crippen LogP contribution is 2.61. The van der Waals surface area contributed by atoms with Crippen LogP contribution in [-0.2, 0) is 16.6 Å². The van der Waals surface area contributed by atoms with Gasteiger partial charge in [0.2, 0.25) is 5.91 Å². The number of nitrogens with one attached hydrogen (secondary N) is 2. The zero-order valence-electron chi connectivity index (χ0n) is 12.9. The maximum absolute atomic E-state index is 12.5. The normalized spacial score (nSPS) is 32.2. The molecule has 3 unspecified atom stereocenters. The van der Waals surface area contributed by atoms with Crippen molar-refractivity contribution in [3.63, 3.8) is 0 Å². The lowest BCUT2D eigenvalue weighted by atomic mass is 9.95. The molecule has 3 nitrogen and oxygen atoms in total. The van der Waals surface area contributed by atoms with Crippen LogP contribution in [0.5, 0.6) is 0 Å². The second-order valence-corrected chi connectivity index (χ2v) is 7.03. The number of amides is 1. The van der Waals surface area contributed by atoms with Gasteiger partial charge in [0, 0.05) is 17.9 Å². The minimum atomic E-state index is 0. The van der Waals surface area contributed by atoms with E-state index in [1.54, 1.807) is 0 Å². The molecule has 4 rings (SSSR count). The van der Waals surface area contributed by atoms with E-state index in [0.29, 0.717) is 5.92 Å². The molecule has 3 atom stereocenters. The maximum atomic E-state index is 12.5. The minimum Gasteiger partial charge on any atom is -0.356 e. The maximum Gasteiger partial charge on any atom is 0.224 e. The number of halogens is 1. The number of piperidine rings is 1. The number of hydrogen-bond donors (Lipinski definition) is 2. The Morgan fingerprint density at radius 2 is 2.23 bits per heavy atom. The van der Waals surface area contributed by atoms with Gasteiger partial charge in [0.05, 0.1) is 0 Å². The summed E-state index contributed by atoms with van der Waals surface area (Å²) in [4.78, 5) is 12.5. The molecule has 1 spiro atoms. The first-order chi connectivity index (χ1) is 10.3. The first kappa shape index (κ1) is 15.8. The van der Waals surface area contributed by atoms with Gasteiger partial charge in [-0.2, -0.15) is 0 Å². The van der Waals surface area contributed by atoms with Crippen molar-refractivity contribution >= 4 is 18.3 Å². The number of benzene rings is 1. The summed E-state index contributed by atoms with van der Waals surface area (Å²) in [6.07, 6.45) is 5.84. The Balaban J connectivity index is 0.00000144. The van der Waals surface area contributed by atoms with Crippen LogP contribution in [0.1, 0.15) is 36.8 Å². The smallest absolute Gasteiger partial charge is 0.224 e. The fraction of sp³-hybridized carbons (Fsp3) is 0.611. The zero-order chi connectivity index (χ0) is 14.3. The lowest BCUT2D eigenvalue weighted by Gasteiger charge is -2.23. The summed E-state index contributed by atoms with van der Waals surface area (Å²) in [5.41, 5.74) is 3.10. The SMILES string of the molecule is Cl.O=C(NCC1CCCNC1)C1CC12CCc1ccccc12. The van der Waals surface area contributed by atoms with Crippen LogP contribution in [-0.4, -0.2) is 25.5 Å². The van der Waals surface area contributed by atoms with Crippen molar-refractivity contribution in [3.8, 4) is 0 Å². The molecule has 0 aromatic heterocycles. The summed E-state index contributed by atoms with van der Waals surface area (Å²) in [7, 11) is 0. The van der Waals surface area contributed by atoms with Crippen molar-refractivity contribution in [2.45, 2.75) is 37.5 Å². The minimum absolute atomic E-state index is 0. The molecule has 0 radical (unpaired) electrons. The van der Waals surface area contributed by atoms with E-state index in [0.717, 1.165) is 38.9 Å². The molecule has 1 heterocycles. The van der Waals surface area contributed by atoms with Crippen LogP contribution in [0.25, 0.3) is 0 Å². The van der Waals surface area contributed by atoms with E-state index >= 15 is 0 Å². The van der Waals surface area contributed by atoms with Crippen molar-refractivity contribution in [2.75, 3.05) is 19.6 Å². The average Bonchev–Trinajstić information content (AvgIpc) is 3.16. The van der Waals surface area contributed by atoms with Crippen molar-refractivity contribution in [2.24, 2.45) is 11.8 Å². The first-order valence-electron chi connectivity index (χ1n) is 8.36. The third-order valence-electron chi connectivity index (χ3n) is 5.75. The lowest BCUT2D eigenvalue weighted by molar-refractivity contribution is -0.123. The first-order valence-corrected chi connectivity index (χ1v) is 8.36. The van der Waals surface area contributed by atoms with Gasteiger partial charge in [0.1, 0.15) is 0 Å². The molecule has 1 aromatic rings. The molecule has 2 fully saturated rings. The second kappa shape index (κ2) is 6.21. The molecule has 3 aliphatic rings. The summed E-state index contributed by atoms with van der Waals surface area (Å²) < 4.78 is 0. The summed E-state index contributed by atoms with van der Waals surface area (Å²) in [5.74, 6) is 1.13. The molecule has 120 valence electrons. The number of rotatable bonds is 3. The van der Waals surface area contributed by atoms with Gasteiger partial charge < -0.3 is 10.6 Å². The van der Waals surface area contributed by atoms with E-state index in [1.165, 1.54) is 24.0 Å². The molecule has 1 aliphatic heterocycles. The summed E-state index contributed by atoms with van der Waals surface area (Å²) in [5, 5.41) is 6.63. The topological polar surface area (TPSA) is 41.1 Å². The highest BCUT2D eigenvalue weighted by atomic mass is 35.5. The van der Waals surface area contributed by atoms with E-state index < -0.39 is 0 Å². The van der Waals surface area contributed by atoms with Crippen LogP contribution >= 0.6 is 12.4 Å². The van der Waals surface area contributed by atoms with E-state index in [-0.39, 0.29) is 29.6 Å². The number of carbonyl (C=O) groups is 1. The third-order valence-corrected chi connectivity index (χ3v) is 5.75. The summed E-state index contributed by atoms with van der Waals surface area (Å²) in [6, 6.07) is 8.70. The van der Waals surface area contributed by atoms with Crippen LogP contribution in [0.4, 0.5) is 0 Å². The molecule has 4 heteroatoms. The number of fused-ring (bicyclic) bond motifs is 2. The van der Waals surface area contributed by atoms with E-state index in [9.17, 15) is 4.79 Å². The van der Waals surface area contributed by atoms with Crippen molar-refractivity contribution in [1.29, 1.82) is 0 Å². The molecule has 1 amide bonds. The van der Waals surface area contributed by atoms with Crippen LogP contribution in [0.3, 0.4) is 0 Å². The van der Waals surface area contributed by atoms with Gasteiger partial charge in [0.25, 0.3) is 0 Å². The number of carbonyl (C=O) groups excluding carboxylic acids is 1. The summed E-state index contributed by atoms with van der Waals surface area (Å²) >= 11 is 0. The van der Waals surface area contributed by atoms with Crippen molar-refractivity contribution in [1.82, 2.24) is 10.6 Å². The quantitative estimate of drug-likeness (QED) is 0.898. The summed E-state index contributed by atoms with van der Waals surface area (Å²) in [6.45, 7) is 3.03. The van der Waals surface area contributed by atoms with E-state index in [2.05, 4.69) is 34.9 Å². The monoisotopic (exact) mass is 320 g/mol. The lowest BCUT2D eigenvalue weighted by Crippen LogP contribution is -2.39. The van der Waals surface area contributed by atoms with Crippen LogP contribution in [0.2, 0.25) is 0 Å². The molecule has 1 aromatic carbocycles. The van der Waals surface area contributed by atoms with Gasteiger partial charge in [0.15, 0.2) is 0 Å². The van der Waals surface area contributed by atoms with Gasteiger partial charge in [-0.25, -0.2) is 0 Å². The largest absolute Gasteiger partial charge is 0.356 e. The molecule has 2 aliphatic carbocycles. The molecule has 2 N–H and O–H groups in total. The van der Waals surface area contributed by atoms with Gasteiger partial charge in [-0.1, -0.05) is 24.3 Å². The molecular formula is C18H25ClN2O. The Morgan fingerprint density at radius 1 is 1.36 bits per heavy atom. The standard InChI is InChI=1S/C18H24N2O.ClH/c21-17(20-12-13-4-3-9-19-11-13)16-10-18(16)8-7-14-5-1-2-6-15(14)18;/h1-2,5-6,13,16,19H,3-4,7-12H2,(H,20,21);1H. The second-order valence-electron chi connectivity index (χ2n) is 7.03. The highest BCUT2D eigenvalue weighted by Gasteiger charge is 2.61. The molecule has 22 heavy (non-hydrogen) atoms. The fourth-order valence-electron chi connectivity index (χ4n) is 4.41.